The summed E-state index contributed by atoms with van der Waals surface area (Å²) in [5, 5.41) is 11.4. The molecule has 184 valence electrons. The molecule has 33 heavy (non-hydrogen) atoms. The highest BCUT2D eigenvalue weighted by Gasteiger charge is 2.36. The Kier molecular flexibility index (Phi) is 7.92. The Hall–Kier alpha value is -1.50. The zero-order valence-electron chi connectivity index (χ0n) is 19.4. The lowest BCUT2D eigenvalue weighted by atomic mass is 9.98. The van der Waals surface area contributed by atoms with Crippen molar-refractivity contribution in [2.75, 3.05) is 31.1 Å². The molecule has 0 aliphatic carbocycles. The van der Waals surface area contributed by atoms with E-state index in [9.17, 15) is 21.9 Å². The molecule has 0 saturated carbocycles. The number of aliphatic hydroxyl groups is 1. The quantitative estimate of drug-likeness (QED) is 0.532. The predicted octanol–water partition coefficient (Wildman–Crippen LogP) is 2.57. The first kappa shape index (κ1) is 26.1. The van der Waals surface area contributed by atoms with Gasteiger partial charge >= 0.3 is 0 Å². The summed E-state index contributed by atoms with van der Waals surface area (Å²) in [4.78, 5) is 2.04. The molecular formula is C22H33N3O5S3. The minimum atomic E-state index is -3.64. The van der Waals surface area contributed by atoms with E-state index < -0.39 is 30.9 Å². The summed E-state index contributed by atoms with van der Waals surface area (Å²) in [5.41, 5.74) is 0.639. The monoisotopic (exact) mass is 515 g/mol. The molecule has 0 radical (unpaired) electrons. The van der Waals surface area contributed by atoms with Crippen molar-refractivity contribution in [3.8, 4) is 0 Å². The topological polar surface area (TPSA) is 107 Å². The van der Waals surface area contributed by atoms with E-state index in [0.717, 1.165) is 11.3 Å². The zero-order chi connectivity index (χ0) is 24.4. The summed E-state index contributed by atoms with van der Waals surface area (Å²) in [6.07, 6.45) is 0.487. The second-order valence-electron chi connectivity index (χ2n) is 8.86. The van der Waals surface area contributed by atoms with Crippen LogP contribution >= 0.6 is 11.3 Å². The Morgan fingerprint density at radius 2 is 1.82 bits per heavy atom. The van der Waals surface area contributed by atoms with Crippen LogP contribution in [0.25, 0.3) is 0 Å². The summed E-state index contributed by atoms with van der Waals surface area (Å²) in [6, 6.07) is 10.3. The summed E-state index contributed by atoms with van der Waals surface area (Å²) >= 11 is 1.17. The molecule has 1 unspecified atom stereocenters. The van der Waals surface area contributed by atoms with Gasteiger partial charge in [-0.2, -0.15) is 4.31 Å². The van der Waals surface area contributed by atoms with Crippen molar-refractivity contribution in [3.63, 3.8) is 0 Å². The van der Waals surface area contributed by atoms with Crippen molar-refractivity contribution < 1.29 is 21.9 Å². The lowest BCUT2D eigenvalue weighted by Gasteiger charge is -2.42. The molecule has 2 atom stereocenters. The van der Waals surface area contributed by atoms with Gasteiger partial charge in [-0.25, -0.2) is 21.6 Å². The Balaban J connectivity index is 1.87. The van der Waals surface area contributed by atoms with Crippen molar-refractivity contribution in [1.29, 1.82) is 0 Å². The highest BCUT2D eigenvalue weighted by molar-refractivity contribution is 7.91. The van der Waals surface area contributed by atoms with Crippen molar-refractivity contribution in [2.24, 2.45) is 0 Å². The second-order valence-corrected chi connectivity index (χ2v) is 14.2. The standard InChI is InChI=1S/C22H33N3O5S3/c1-5-17(2)32(27,28)23-15-20-16-24(33(29,30)21-7-6-14-31-21)12-13-25(20)19-10-8-18(9-11-19)22(3,4)26/h6-11,14,17,20,23,26H,5,12-13,15-16H2,1-4H3/t17?,20-/m0/s1. The molecule has 1 saturated heterocycles. The summed E-state index contributed by atoms with van der Waals surface area (Å²) in [5.74, 6) is 0. The van der Waals surface area contributed by atoms with Gasteiger partial charge in [0, 0.05) is 31.9 Å². The lowest BCUT2D eigenvalue weighted by Crippen LogP contribution is -2.58. The van der Waals surface area contributed by atoms with Gasteiger partial charge in [-0.15, -0.1) is 11.3 Å². The molecule has 1 fully saturated rings. The molecule has 11 heteroatoms. The van der Waals surface area contributed by atoms with E-state index >= 15 is 0 Å². The molecule has 0 amide bonds. The third kappa shape index (κ3) is 5.95. The van der Waals surface area contributed by atoms with E-state index in [1.54, 1.807) is 38.3 Å². The first-order valence-corrected chi connectivity index (χ1v) is 14.8. The highest BCUT2D eigenvalue weighted by atomic mass is 32.2. The van der Waals surface area contributed by atoms with Gasteiger partial charge in [0.1, 0.15) is 4.21 Å². The van der Waals surface area contributed by atoms with Crippen molar-refractivity contribution in [2.45, 2.75) is 55.2 Å². The molecule has 3 rings (SSSR count). The maximum Gasteiger partial charge on any atom is 0.252 e. The van der Waals surface area contributed by atoms with Crippen LogP contribution < -0.4 is 9.62 Å². The SMILES string of the molecule is CCC(C)S(=O)(=O)NC[C@H]1CN(S(=O)(=O)c2cccs2)CCN1c1ccc(C(C)(C)O)cc1. The van der Waals surface area contributed by atoms with Crippen LogP contribution in [0.2, 0.25) is 0 Å². The fraction of sp³-hybridized carbons (Fsp3) is 0.545. The van der Waals surface area contributed by atoms with Crippen LogP contribution in [0, 0.1) is 0 Å². The van der Waals surface area contributed by atoms with Gasteiger partial charge in [0.05, 0.1) is 16.9 Å². The smallest absolute Gasteiger partial charge is 0.252 e. The fourth-order valence-electron chi connectivity index (χ4n) is 3.73. The van der Waals surface area contributed by atoms with Crippen LogP contribution in [0.15, 0.2) is 46.0 Å². The number of thiophene rings is 1. The lowest BCUT2D eigenvalue weighted by molar-refractivity contribution is 0.0786. The van der Waals surface area contributed by atoms with E-state index in [-0.39, 0.29) is 23.3 Å². The maximum absolute atomic E-state index is 13.1. The van der Waals surface area contributed by atoms with Crippen molar-refractivity contribution in [1.82, 2.24) is 9.03 Å². The van der Waals surface area contributed by atoms with E-state index in [2.05, 4.69) is 4.72 Å². The van der Waals surface area contributed by atoms with Crippen LogP contribution in [0.5, 0.6) is 0 Å². The van der Waals surface area contributed by atoms with Gasteiger partial charge in [0.25, 0.3) is 10.0 Å². The molecule has 1 aliphatic heterocycles. The molecule has 0 bridgehead atoms. The minimum Gasteiger partial charge on any atom is -0.386 e. The van der Waals surface area contributed by atoms with Gasteiger partial charge in [0.15, 0.2) is 0 Å². The number of hydrogen-bond donors (Lipinski definition) is 2. The van der Waals surface area contributed by atoms with Crippen molar-refractivity contribution in [3.05, 3.63) is 47.3 Å². The van der Waals surface area contributed by atoms with Crippen LogP contribution in [0.1, 0.15) is 39.7 Å². The largest absolute Gasteiger partial charge is 0.386 e. The third-order valence-electron chi connectivity index (χ3n) is 6.06. The molecule has 2 aromatic rings. The van der Waals surface area contributed by atoms with Crippen LogP contribution in [0.4, 0.5) is 5.69 Å². The van der Waals surface area contributed by atoms with Gasteiger partial charge in [-0.3, -0.25) is 0 Å². The molecule has 1 aliphatic rings. The first-order chi connectivity index (χ1) is 15.4. The van der Waals surface area contributed by atoms with E-state index in [4.69, 9.17) is 0 Å². The van der Waals surface area contributed by atoms with Crippen LogP contribution in [-0.4, -0.2) is 63.7 Å². The molecule has 8 nitrogen and oxygen atoms in total. The summed E-state index contributed by atoms with van der Waals surface area (Å²) < 4.78 is 55.8. The average Bonchev–Trinajstić information content (AvgIpc) is 3.32. The number of anilines is 1. The average molecular weight is 516 g/mol. The normalized spacial score (nSPS) is 19.5. The van der Waals surface area contributed by atoms with Crippen molar-refractivity contribution >= 4 is 37.1 Å². The first-order valence-electron chi connectivity index (χ1n) is 11.0. The molecular weight excluding hydrogens is 482 g/mol. The highest BCUT2D eigenvalue weighted by Crippen LogP contribution is 2.28. The Morgan fingerprint density at radius 1 is 1.15 bits per heavy atom. The Bertz CT molecular complexity index is 1120. The number of hydrogen-bond acceptors (Lipinski definition) is 7. The van der Waals surface area contributed by atoms with Gasteiger partial charge in [-0.05, 0) is 56.3 Å². The molecule has 2 heterocycles. The molecule has 1 aromatic carbocycles. The second kappa shape index (κ2) is 10.0. The fourth-order valence-corrected chi connectivity index (χ4v) is 7.49. The third-order valence-corrected chi connectivity index (χ3v) is 11.3. The molecule has 2 N–H and O–H groups in total. The summed E-state index contributed by atoms with van der Waals surface area (Å²) in [7, 11) is -7.16. The zero-order valence-corrected chi connectivity index (χ0v) is 21.9. The van der Waals surface area contributed by atoms with Gasteiger partial charge in [-0.1, -0.05) is 25.1 Å². The molecule has 0 spiro atoms. The number of sulfonamides is 2. The van der Waals surface area contributed by atoms with Gasteiger partial charge in [0.2, 0.25) is 10.0 Å². The minimum absolute atomic E-state index is 0.0936. The predicted molar refractivity (Wildman–Crippen MR) is 133 cm³/mol. The number of nitrogens with one attached hydrogen (secondary N) is 1. The number of nitrogens with zero attached hydrogens (tertiary/aromatic N) is 2. The number of piperazine rings is 1. The Labute approximate surface area is 201 Å². The van der Waals surface area contributed by atoms with Crippen LogP contribution in [0.3, 0.4) is 0 Å². The maximum atomic E-state index is 13.1. The Morgan fingerprint density at radius 3 is 2.36 bits per heavy atom. The van der Waals surface area contributed by atoms with E-state index in [1.807, 2.05) is 36.1 Å². The number of benzene rings is 1. The molecule has 1 aromatic heterocycles. The van der Waals surface area contributed by atoms with Crippen LogP contribution in [-0.2, 0) is 25.6 Å². The number of rotatable bonds is 9. The van der Waals surface area contributed by atoms with E-state index in [1.165, 1.54) is 15.6 Å². The summed E-state index contributed by atoms with van der Waals surface area (Å²) in [6.45, 7) is 7.86. The van der Waals surface area contributed by atoms with E-state index in [0.29, 0.717) is 19.5 Å². The van der Waals surface area contributed by atoms with Gasteiger partial charge < -0.3 is 10.0 Å².